The highest BCUT2D eigenvalue weighted by atomic mass is 32.2. The van der Waals surface area contributed by atoms with Gasteiger partial charge >= 0.3 is 25.8 Å². The van der Waals surface area contributed by atoms with Gasteiger partial charge in [0.05, 0.1) is 45.9 Å². The molecule has 0 aromatic heterocycles. The van der Waals surface area contributed by atoms with E-state index in [9.17, 15) is 28.6 Å². The van der Waals surface area contributed by atoms with Crippen LogP contribution in [0, 0.1) is 0 Å². The van der Waals surface area contributed by atoms with Gasteiger partial charge in [0.15, 0.2) is 6.10 Å². The maximum Gasteiger partial charge on any atom is 0.472 e. The number of nitrogens with two attached hydrogens (primary N) is 1. The second kappa shape index (κ2) is 35.2. The molecule has 0 spiro atoms. The molecule has 64 heavy (non-hydrogen) atoms. The standard InChI is InChI=1S/C48H89N4O10PS/c1-5-6-7-8-9-10-11-12-13-14-15-16-20-23-26-33-45(54)59-37-40(38-61-63(57,58)60-36-35-52(2,3)4)62-46(55)34-27-24-21-18-17-19-22-25-30-41(49)43(53)31-28-29-32-44-47-42(39-64-44)50-48(56)51-47/h12-13,40-42,44,47H,5-11,14-39,49H2,1-4H3,(H2-,50,51,56,57,58)/p+1/b13-12-/t40?,41?,42-,44-,47-/m0/s1. The Balaban J connectivity index is 1.56. The van der Waals surface area contributed by atoms with Crippen LogP contribution in [0.2, 0.25) is 0 Å². The minimum Gasteiger partial charge on any atom is -0.462 e. The molecule has 0 bridgehead atoms. The van der Waals surface area contributed by atoms with Crippen LogP contribution in [0.4, 0.5) is 4.79 Å². The smallest absolute Gasteiger partial charge is 0.462 e. The fraction of sp³-hybridized carbons (Fsp3) is 0.875. The van der Waals surface area contributed by atoms with E-state index in [1.54, 1.807) is 0 Å². The topological polar surface area (TPSA) is 193 Å². The molecule has 0 aliphatic carbocycles. The molecule has 0 aromatic rings. The summed E-state index contributed by atoms with van der Waals surface area (Å²) in [6.07, 6.45) is 30.8. The van der Waals surface area contributed by atoms with Gasteiger partial charge in [-0.25, -0.2) is 9.36 Å². The van der Waals surface area contributed by atoms with Crippen LogP contribution >= 0.6 is 19.6 Å². The van der Waals surface area contributed by atoms with Crippen molar-refractivity contribution in [2.24, 2.45) is 5.73 Å². The van der Waals surface area contributed by atoms with Crippen LogP contribution in [-0.4, -0.2) is 116 Å². The van der Waals surface area contributed by atoms with E-state index in [2.05, 4.69) is 29.7 Å². The number of carbonyl (C=O) groups is 4. The lowest BCUT2D eigenvalue weighted by Crippen LogP contribution is -2.37. The summed E-state index contributed by atoms with van der Waals surface area (Å²) in [6, 6.07) is -0.0393. The first-order chi connectivity index (χ1) is 30.7. The Bertz CT molecular complexity index is 1370. The fourth-order valence-corrected chi connectivity index (χ4v) is 10.2. The van der Waals surface area contributed by atoms with Crippen molar-refractivity contribution in [1.82, 2.24) is 10.6 Å². The number of hydrogen-bond donors (Lipinski definition) is 4. The van der Waals surface area contributed by atoms with Crippen molar-refractivity contribution in [1.29, 1.82) is 0 Å². The maximum absolute atomic E-state index is 12.8. The molecular weight excluding hydrogens is 856 g/mol. The number of hydrogen-bond acceptors (Lipinski definition) is 11. The van der Waals surface area contributed by atoms with Crippen molar-refractivity contribution in [2.75, 3.05) is 53.3 Å². The molecule has 2 aliphatic heterocycles. The number of quaternary nitrogens is 1. The lowest BCUT2D eigenvalue weighted by atomic mass is 9.98. The molecule has 3 unspecified atom stereocenters. The predicted octanol–water partition coefficient (Wildman–Crippen LogP) is 9.84. The second-order valence-corrected chi connectivity index (χ2v) is 21.8. The van der Waals surface area contributed by atoms with Crippen LogP contribution < -0.4 is 16.4 Å². The van der Waals surface area contributed by atoms with Crippen LogP contribution in [0.5, 0.6) is 0 Å². The molecule has 0 aromatic carbocycles. The van der Waals surface area contributed by atoms with Crippen molar-refractivity contribution < 1.29 is 51.6 Å². The summed E-state index contributed by atoms with van der Waals surface area (Å²) < 4.78 is 34.4. The summed E-state index contributed by atoms with van der Waals surface area (Å²) >= 11 is 1.90. The van der Waals surface area contributed by atoms with Crippen LogP contribution in [0.15, 0.2) is 12.2 Å². The average molecular weight is 946 g/mol. The average Bonchev–Trinajstić information content (AvgIpc) is 3.80. The first-order valence-electron chi connectivity index (χ1n) is 25.1. The third-order valence-electron chi connectivity index (χ3n) is 12.0. The molecule has 2 heterocycles. The van der Waals surface area contributed by atoms with Gasteiger partial charge in [0.2, 0.25) is 0 Å². The van der Waals surface area contributed by atoms with E-state index >= 15 is 0 Å². The van der Waals surface area contributed by atoms with E-state index in [-0.39, 0.29) is 50.0 Å². The molecule has 372 valence electrons. The van der Waals surface area contributed by atoms with E-state index in [4.69, 9.17) is 24.3 Å². The normalized spacial score (nSPS) is 19.2. The molecular formula is C48H90N4O10PS+. The largest absolute Gasteiger partial charge is 0.472 e. The van der Waals surface area contributed by atoms with Crippen LogP contribution in [0.25, 0.3) is 0 Å². The Morgan fingerprint density at radius 2 is 1.33 bits per heavy atom. The number of nitrogens with zero attached hydrogens (tertiary/aromatic N) is 1. The molecule has 0 saturated carbocycles. The van der Waals surface area contributed by atoms with Crippen molar-refractivity contribution in [2.45, 2.75) is 216 Å². The highest BCUT2D eigenvalue weighted by Crippen LogP contribution is 2.43. The highest BCUT2D eigenvalue weighted by molar-refractivity contribution is 8.00. The number of phosphoric acid groups is 1. The van der Waals surface area contributed by atoms with Crippen molar-refractivity contribution in [3.05, 3.63) is 12.2 Å². The van der Waals surface area contributed by atoms with Crippen LogP contribution in [0.3, 0.4) is 0 Å². The van der Waals surface area contributed by atoms with Gasteiger partial charge in [-0.3, -0.25) is 23.4 Å². The number of allylic oxidation sites excluding steroid dienone is 2. The quantitative estimate of drug-likeness (QED) is 0.0113. The van der Waals surface area contributed by atoms with Gasteiger partial charge < -0.3 is 35.2 Å². The SMILES string of the molecule is CCCCCCCC/C=C\CCCCCCCC(=O)OCC(COP(=O)(O)OCC[N+](C)(C)C)OC(=O)CCCCCCCCCCC(N)C(=O)CCCC[C@@H]1SC[C@@H]2NC(=O)N[C@@H]21. The first kappa shape index (κ1) is 58.1. The fourth-order valence-electron chi connectivity index (χ4n) is 7.93. The predicted molar refractivity (Wildman–Crippen MR) is 258 cm³/mol. The number of ketones is 1. The van der Waals surface area contributed by atoms with Crippen molar-refractivity contribution in [3.63, 3.8) is 0 Å². The number of thioether (sulfide) groups is 1. The van der Waals surface area contributed by atoms with Gasteiger partial charge in [0.1, 0.15) is 25.5 Å². The van der Waals surface area contributed by atoms with Gasteiger partial charge in [-0.1, -0.05) is 122 Å². The Hall–Kier alpha value is -2.00. The van der Waals surface area contributed by atoms with E-state index in [1.165, 1.54) is 44.9 Å². The molecule has 2 amide bonds. The number of phosphoric ester groups is 1. The Morgan fingerprint density at radius 3 is 1.95 bits per heavy atom. The third-order valence-corrected chi connectivity index (χ3v) is 14.5. The van der Waals surface area contributed by atoms with Crippen molar-refractivity contribution >= 4 is 43.3 Å². The Labute approximate surface area is 391 Å². The Morgan fingerprint density at radius 1 is 0.766 bits per heavy atom. The second-order valence-electron chi connectivity index (χ2n) is 19.0. The lowest BCUT2D eigenvalue weighted by molar-refractivity contribution is -0.870. The summed E-state index contributed by atoms with van der Waals surface area (Å²) in [6.45, 7) is 2.03. The minimum atomic E-state index is -4.41. The van der Waals surface area contributed by atoms with E-state index in [1.807, 2.05) is 32.9 Å². The zero-order chi connectivity index (χ0) is 46.9. The summed E-state index contributed by atoms with van der Waals surface area (Å²) in [5.74, 6) is 0.208. The van der Waals surface area contributed by atoms with Crippen LogP contribution in [0.1, 0.15) is 187 Å². The monoisotopic (exact) mass is 946 g/mol. The lowest BCUT2D eigenvalue weighted by Gasteiger charge is -2.24. The molecule has 2 rings (SSSR count). The van der Waals surface area contributed by atoms with Gasteiger partial charge in [-0.05, 0) is 57.8 Å². The number of nitrogens with one attached hydrogen (secondary N) is 2. The molecule has 14 nitrogen and oxygen atoms in total. The number of likely N-dealkylation sites (N-methyl/N-ethyl adjacent to an activating group) is 1. The summed E-state index contributed by atoms with van der Waals surface area (Å²) in [4.78, 5) is 59.7. The van der Waals surface area contributed by atoms with E-state index in [0.29, 0.717) is 42.0 Å². The summed E-state index contributed by atoms with van der Waals surface area (Å²) in [5.41, 5.74) is 6.20. The molecule has 0 radical (unpaired) electrons. The molecule has 2 saturated heterocycles. The molecule has 6 atom stereocenters. The molecule has 5 N–H and O–H groups in total. The maximum atomic E-state index is 12.8. The van der Waals surface area contributed by atoms with Crippen LogP contribution in [-0.2, 0) is 37.5 Å². The Kier molecular flexibility index (Phi) is 32.0. The highest BCUT2D eigenvalue weighted by Gasteiger charge is 2.42. The van der Waals surface area contributed by atoms with Gasteiger partial charge in [-0.2, -0.15) is 11.8 Å². The van der Waals surface area contributed by atoms with Crippen molar-refractivity contribution in [3.8, 4) is 0 Å². The number of urea groups is 1. The van der Waals surface area contributed by atoms with Gasteiger partial charge in [0, 0.05) is 30.3 Å². The molecule has 2 fully saturated rings. The summed E-state index contributed by atoms with van der Waals surface area (Å²) in [7, 11) is 1.39. The number of unbranched alkanes of at least 4 members (excludes halogenated alkanes) is 19. The van der Waals surface area contributed by atoms with E-state index < -0.39 is 38.5 Å². The van der Waals surface area contributed by atoms with Gasteiger partial charge in [-0.15, -0.1) is 0 Å². The molecule has 16 heteroatoms. The number of esters is 2. The minimum absolute atomic E-state index is 0.00657. The van der Waals surface area contributed by atoms with E-state index in [0.717, 1.165) is 102 Å². The number of amides is 2. The number of carbonyl (C=O) groups excluding carboxylic acids is 4. The zero-order valence-electron chi connectivity index (χ0n) is 40.4. The number of fused-ring (bicyclic) bond motifs is 1. The van der Waals surface area contributed by atoms with Gasteiger partial charge in [0.25, 0.3) is 0 Å². The molecule has 2 aliphatic rings. The third kappa shape index (κ3) is 30.3. The summed E-state index contributed by atoms with van der Waals surface area (Å²) in [5, 5.41) is 6.40. The number of Topliss-reactive ketones (excluding diaryl/α,β-unsaturated/α-hetero) is 1. The first-order valence-corrected chi connectivity index (χ1v) is 27.6. The number of rotatable bonds is 42. The zero-order valence-corrected chi connectivity index (χ0v) is 42.1. The number of ether oxygens (including phenoxy) is 2.